The van der Waals surface area contributed by atoms with Gasteiger partial charge in [0.25, 0.3) is 0 Å². The minimum atomic E-state index is -4.44. The van der Waals surface area contributed by atoms with Gasteiger partial charge in [-0.05, 0) is 30.5 Å². The number of ketones is 1. The molecule has 140 valence electrons. The van der Waals surface area contributed by atoms with Gasteiger partial charge in [-0.25, -0.2) is 0 Å². The molecule has 1 N–H and O–H groups in total. The second kappa shape index (κ2) is 10.4. The molecule has 1 rings (SSSR count). The van der Waals surface area contributed by atoms with Crippen LogP contribution in [0, 0.1) is 11.3 Å². The Morgan fingerprint density at radius 1 is 1.31 bits per heavy atom. The number of nitriles is 1. The lowest BCUT2D eigenvalue weighted by Gasteiger charge is -2.17. The second-order valence-electron chi connectivity index (χ2n) is 5.46. The van der Waals surface area contributed by atoms with E-state index in [-0.39, 0.29) is 25.2 Å². The molecule has 0 aliphatic carbocycles. The average Bonchev–Trinajstić information content (AvgIpc) is 2.60. The van der Waals surface area contributed by atoms with Gasteiger partial charge < -0.3 is 4.74 Å². The van der Waals surface area contributed by atoms with Gasteiger partial charge in [0.15, 0.2) is 6.61 Å². The maximum absolute atomic E-state index is 12.6. The molecule has 0 heterocycles. The van der Waals surface area contributed by atoms with Gasteiger partial charge in [0, 0.05) is 6.42 Å². The highest BCUT2D eigenvalue weighted by Crippen LogP contribution is 2.29. The maximum Gasteiger partial charge on any atom is 0.416 e. The molecule has 0 unspecified atom stereocenters. The molecule has 0 saturated heterocycles. The zero-order valence-corrected chi connectivity index (χ0v) is 14.0. The minimum absolute atomic E-state index is 0.0249. The monoisotopic (exact) mass is 368 g/mol. The third kappa shape index (κ3) is 7.49. The van der Waals surface area contributed by atoms with E-state index in [1.54, 1.807) is 12.1 Å². The number of carbonyl (C=O) groups excluding carboxylic acids is 2. The van der Waals surface area contributed by atoms with Crippen molar-refractivity contribution < 1.29 is 27.5 Å². The number of ether oxygens (including phenoxy) is 1. The Kier molecular flexibility index (Phi) is 8.52. The molecular weight excluding hydrogens is 349 g/mol. The average molecular weight is 368 g/mol. The number of nitrogens with zero attached hydrogens (tertiary/aromatic N) is 1. The topological polar surface area (TPSA) is 79.2 Å². The Morgan fingerprint density at radius 2 is 1.96 bits per heavy atom. The van der Waals surface area contributed by atoms with Crippen LogP contribution in [0.1, 0.15) is 24.0 Å². The van der Waals surface area contributed by atoms with Crippen LogP contribution in [0.3, 0.4) is 0 Å². The molecule has 0 spiro atoms. The normalized spacial score (nSPS) is 12.1. The van der Waals surface area contributed by atoms with Crippen molar-refractivity contribution in [1.82, 2.24) is 5.32 Å². The molecule has 1 aromatic carbocycles. The van der Waals surface area contributed by atoms with Crippen LogP contribution in [0.5, 0.6) is 0 Å². The fourth-order valence-corrected chi connectivity index (χ4v) is 2.10. The summed E-state index contributed by atoms with van der Waals surface area (Å²) in [5, 5.41) is 11.2. The number of halogens is 3. The van der Waals surface area contributed by atoms with Gasteiger partial charge in [-0.1, -0.05) is 18.2 Å². The van der Waals surface area contributed by atoms with Crippen LogP contribution in [-0.4, -0.2) is 30.9 Å². The molecule has 8 heteroatoms. The molecule has 0 aliphatic heterocycles. The second-order valence-corrected chi connectivity index (χ2v) is 5.46. The lowest BCUT2D eigenvalue weighted by molar-refractivity contribution is -0.144. The number of hydrogen-bond donors (Lipinski definition) is 1. The van der Waals surface area contributed by atoms with E-state index in [2.05, 4.69) is 11.9 Å². The largest absolute Gasteiger partial charge is 0.449 e. The minimum Gasteiger partial charge on any atom is -0.449 e. The Labute approximate surface area is 149 Å². The summed E-state index contributed by atoms with van der Waals surface area (Å²) >= 11 is 0. The van der Waals surface area contributed by atoms with Crippen molar-refractivity contribution in [1.29, 1.82) is 5.26 Å². The van der Waals surface area contributed by atoms with E-state index in [0.29, 0.717) is 12.0 Å². The number of benzene rings is 1. The highest BCUT2D eigenvalue weighted by Gasteiger charge is 2.30. The van der Waals surface area contributed by atoms with Crippen LogP contribution in [0.15, 0.2) is 36.9 Å². The summed E-state index contributed by atoms with van der Waals surface area (Å²) in [7, 11) is 0. The van der Waals surface area contributed by atoms with Crippen LogP contribution < -0.4 is 5.32 Å². The number of allylic oxidation sites excluding steroid dienone is 1. The molecule has 0 aliphatic rings. The number of carbonyl (C=O) groups is 2. The van der Waals surface area contributed by atoms with Gasteiger partial charge >= 0.3 is 12.1 Å². The molecule has 0 fully saturated rings. The predicted octanol–water partition coefficient (Wildman–Crippen LogP) is 2.81. The fraction of sp³-hybridized carbons (Fsp3) is 0.389. The van der Waals surface area contributed by atoms with Crippen molar-refractivity contribution in [2.45, 2.75) is 31.5 Å². The third-order valence-electron chi connectivity index (χ3n) is 3.46. The van der Waals surface area contributed by atoms with Crippen LogP contribution in [-0.2, 0) is 26.9 Å². The summed E-state index contributed by atoms with van der Waals surface area (Å²) in [6.07, 6.45) is -2.06. The number of hydrogen-bond acceptors (Lipinski definition) is 5. The molecule has 0 bridgehead atoms. The summed E-state index contributed by atoms with van der Waals surface area (Å²) in [5.74, 6) is -0.890. The Balaban J connectivity index is 2.77. The first-order valence-electron chi connectivity index (χ1n) is 7.83. The third-order valence-corrected chi connectivity index (χ3v) is 3.46. The molecule has 1 aromatic rings. The van der Waals surface area contributed by atoms with E-state index in [4.69, 9.17) is 10.00 Å². The van der Waals surface area contributed by atoms with Gasteiger partial charge in [0.1, 0.15) is 17.9 Å². The highest BCUT2D eigenvalue weighted by molar-refractivity contribution is 5.82. The van der Waals surface area contributed by atoms with E-state index < -0.39 is 30.4 Å². The standard InChI is InChI=1S/C18H19F3N2O3/c1-2-3-4-15(24)12-23-16(17(25)26-10-9-22)11-13-5-7-14(8-6-13)18(19,20)21/h2,5-8,16,23H,1,3-4,10-12H2/t16-/m0/s1. The Morgan fingerprint density at radius 3 is 2.50 bits per heavy atom. The number of nitrogens with one attached hydrogen (secondary N) is 1. The van der Waals surface area contributed by atoms with Crippen molar-refractivity contribution in [3.63, 3.8) is 0 Å². The van der Waals surface area contributed by atoms with Crippen LogP contribution in [0.2, 0.25) is 0 Å². The van der Waals surface area contributed by atoms with E-state index in [0.717, 1.165) is 12.1 Å². The van der Waals surface area contributed by atoms with Crippen LogP contribution in [0.25, 0.3) is 0 Å². The first kappa shape index (κ1) is 21.4. The van der Waals surface area contributed by atoms with Gasteiger partial charge in [-0.3, -0.25) is 14.9 Å². The number of esters is 1. The molecule has 0 radical (unpaired) electrons. The first-order valence-corrected chi connectivity index (χ1v) is 7.83. The van der Waals surface area contributed by atoms with Crippen molar-refractivity contribution in [3.05, 3.63) is 48.0 Å². The quantitative estimate of drug-likeness (QED) is 0.507. The van der Waals surface area contributed by atoms with Crippen molar-refractivity contribution >= 4 is 11.8 Å². The molecule has 26 heavy (non-hydrogen) atoms. The molecule has 0 amide bonds. The van der Waals surface area contributed by atoms with Crippen molar-refractivity contribution in [2.24, 2.45) is 0 Å². The summed E-state index contributed by atoms with van der Waals surface area (Å²) in [6, 6.07) is 5.06. The van der Waals surface area contributed by atoms with Crippen LogP contribution in [0.4, 0.5) is 13.2 Å². The SMILES string of the molecule is C=CCCC(=O)CN[C@@H](Cc1ccc(C(F)(F)F)cc1)C(=O)OCC#N. The summed E-state index contributed by atoms with van der Waals surface area (Å²) < 4.78 is 42.5. The summed E-state index contributed by atoms with van der Waals surface area (Å²) in [5.41, 5.74) is -0.333. The van der Waals surface area contributed by atoms with Crippen molar-refractivity contribution in [2.75, 3.05) is 13.2 Å². The number of Topliss-reactive ketones (excluding diaryl/α,β-unsaturated/α-hetero) is 1. The maximum atomic E-state index is 12.6. The van der Waals surface area contributed by atoms with E-state index in [9.17, 15) is 22.8 Å². The van der Waals surface area contributed by atoms with Gasteiger partial charge in [0.2, 0.25) is 0 Å². The van der Waals surface area contributed by atoms with Crippen LogP contribution >= 0.6 is 0 Å². The smallest absolute Gasteiger partial charge is 0.416 e. The lowest BCUT2D eigenvalue weighted by Crippen LogP contribution is -2.42. The highest BCUT2D eigenvalue weighted by atomic mass is 19.4. The predicted molar refractivity (Wildman–Crippen MR) is 87.9 cm³/mol. The van der Waals surface area contributed by atoms with E-state index in [1.165, 1.54) is 12.1 Å². The molecular formula is C18H19F3N2O3. The van der Waals surface area contributed by atoms with Gasteiger partial charge in [0.05, 0.1) is 12.1 Å². The zero-order valence-electron chi connectivity index (χ0n) is 14.0. The Bertz CT molecular complexity index is 664. The zero-order chi connectivity index (χ0) is 19.6. The number of alkyl halides is 3. The molecule has 1 atom stereocenters. The van der Waals surface area contributed by atoms with Gasteiger partial charge in [-0.15, -0.1) is 6.58 Å². The fourth-order valence-electron chi connectivity index (χ4n) is 2.10. The number of rotatable bonds is 10. The first-order chi connectivity index (χ1) is 12.3. The van der Waals surface area contributed by atoms with E-state index in [1.807, 2.05) is 0 Å². The molecule has 5 nitrogen and oxygen atoms in total. The van der Waals surface area contributed by atoms with E-state index >= 15 is 0 Å². The molecule has 0 saturated carbocycles. The summed E-state index contributed by atoms with van der Waals surface area (Å²) in [4.78, 5) is 23.7. The van der Waals surface area contributed by atoms with Crippen molar-refractivity contribution in [3.8, 4) is 6.07 Å². The molecule has 0 aromatic heterocycles. The lowest BCUT2D eigenvalue weighted by atomic mass is 10.0. The summed E-state index contributed by atoms with van der Waals surface area (Å²) in [6.45, 7) is 2.97. The Hall–Kier alpha value is -2.66. The van der Waals surface area contributed by atoms with Gasteiger partial charge in [-0.2, -0.15) is 18.4 Å².